The van der Waals surface area contributed by atoms with Crippen LogP contribution in [0, 0.1) is 13.8 Å². The predicted molar refractivity (Wildman–Crippen MR) is 115 cm³/mol. The number of rotatable bonds is 6. The van der Waals surface area contributed by atoms with E-state index in [1.54, 1.807) is 12.1 Å². The zero-order valence-electron chi connectivity index (χ0n) is 17.4. The van der Waals surface area contributed by atoms with Gasteiger partial charge in [-0.25, -0.2) is 8.42 Å². The molecule has 0 radical (unpaired) electrons. The summed E-state index contributed by atoms with van der Waals surface area (Å²) in [6.07, 6.45) is 0. The Labute approximate surface area is 178 Å². The summed E-state index contributed by atoms with van der Waals surface area (Å²) >= 11 is 5.86. The lowest BCUT2D eigenvalue weighted by Crippen LogP contribution is -2.49. The van der Waals surface area contributed by atoms with Crippen LogP contribution in [0.4, 0.5) is 0 Å². The van der Waals surface area contributed by atoms with Crippen LogP contribution in [0.25, 0.3) is 0 Å². The van der Waals surface area contributed by atoms with Crippen molar-refractivity contribution in [2.75, 3.05) is 32.7 Å². The lowest BCUT2D eigenvalue weighted by Gasteiger charge is -2.33. The lowest BCUT2D eigenvalue weighted by atomic mass is 10.1. The van der Waals surface area contributed by atoms with Gasteiger partial charge in [-0.3, -0.25) is 9.69 Å². The Morgan fingerprint density at radius 3 is 2.17 bits per heavy atom. The van der Waals surface area contributed by atoms with Gasteiger partial charge in [0, 0.05) is 54.2 Å². The van der Waals surface area contributed by atoms with Gasteiger partial charge in [-0.05, 0) is 58.0 Å². The average molecular weight is 438 g/mol. The molecule has 158 valence electrons. The highest BCUT2D eigenvalue weighted by Crippen LogP contribution is 2.22. The van der Waals surface area contributed by atoms with Crippen molar-refractivity contribution in [2.45, 2.75) is 38.6 Å². The minimum atomic E-state index is -3.54. The Kier molecular flexibility index (Phi) is 6.53. The van der Waals surface area contributed by atoms with Gasteiger partial charge < -0.3 is 4.57 Å². The first kappa shape index (κ1) is 22.0. The lowest BCUT2D eigenvalue weighted by molar-refractivity contribution is 0.0901. The minimum Gasteiger partial charge on any atom is -0.346 e. The number of aromatic nitrogens is 1. The highest BCUT2D eigenvalue weighted by atomic mass is 35.5. The molecule has 6 nitrogen and oxygen atoms in total. The van der Waals surface area contributed by atoms with Crippen LogP contribution in [0.15, 0.2) is 35.2 Å². The van der Waals surface area contributed by atoms with E-state index in [9.17, 15) is 13.2 Å². The van der Waals surface area contributed by atoms with Crippen LogP contribution >= 0.6 is 11.6 Å². The molecule has 2 heterocycles. The zero-order chi connectivity index (χ0) is 21.3. The van der Waals surface area contributed by atoms with Gasteiger partial charge in [-0.1, -0.05) is 11.6 Å². The number of ketones is 1. The van der Waals surface area contributed by atoms with Crippen LogP contribution < -0.4 is 0 Å². The number of piperazine rings is 1. The first-order valence-corrected chi connectivity index (χ1v) is 11.6. The Hall–Kier alpha value is -1.67. The van der Waals surface area contributed by atoms with Gasteiger partial charge in [0.2, 0.25) is 10.0 Å². The number of halogens is 1. The quantitative estimate of drug-likeness (QED) is 0.648. The van der Waals surface area contributed by atoms with Crippen molar-refractivity contribution in [1.82, 2.24) is 13.8 Å². The van der Waals surface area contributed by atoms with Crippen LogP contribution in [0.3, 0.4) is 0 Å². The molecule has 1 aromatic heterocycles. The van der Waals surface area contributed by atoms with Crippen molar-refractivity contribution < 1.29 is 13.2 Å². The number of hydrogen-bond acceptors (Lipinski definition) is 4. The van der Waals surface area contributed by atoms with Crippen LogP contribution in [-0.2, 0) is 10.0 Å². The monoisotopic (exact) mass is 437 g/mol. The molecular weight excluding hydrogens is 410 g/mol. The van der Waals surface area contributed by atoms with Gasteiger partial charge in [0.25, 0.3) is 0 Å². The van der Waals surface area contributed by atoms with Gasteiger partial charge in [0.05, 0.1) is 11.4 Å². The van der Waals surface area contributed by atoms with E-state index in [-0.39, 0.29) is 10.7 Å². The van der Waals surface area contributed by atoms with E-state index in [4.69, 9.17) is 11.6 Å². The van der Waals surface area contributed by atoms with Crippen LogP contribution in [0.5, 0.6) is 0 Å². The highest BCUT2D eigenvalue weighted by Gasteiger charge is 2.29. The first-order chi connectivity index (χ1) is 13.6. The molecule has 1 fully saturated rings. The molecule has 0 N–H and O–H groups in total. The van der Waals surface area contributed by atoms with E-state index in [1.807, 2.05) is 24.8 Å². The van der Waals surface area contributed by atoms with E-state index >= 15 is 0 Å². The molecule has 1 aliphatic rings. The third-order valence-corrected chi connectivity index (χ3v) is 7.62. The van der Waals surface area contributed by atoms with Crippen molar-refractivity contribution in [1.29, 1.82) is 0 Å². The standard InChI is InChI=1S/C21H28ClN3O3S/c1-15(2)25-16(3)13-20(17(25)4)21(26)14-23-9-11-24(12-10-23)29(27,28)19-7-5-18(22)6-8-19/h5-8,13,15H,9-12,14H2,1-4H3. The second-order valence-electron chi connectivity index (χ2n) is 7.81. The molecule has 0 unspecified atom stereocenters. The molecule has 29 heavy (non-hydrogen) atoms. The summed E-state index contributed by atoms with van der Waals surface area (Å²) in [7, 11) is -3.54. The largest absolute Gasteiger partial charge is 0.346 e. The fraction of sp³-hybridized carbons (Fsp3) is 0.476. The van der Waals surface area contributed by atoms with Crippen LogP contribution in [-0.4, -0.2) is 60.7 Å². The predicted octanol–water partition coefficient (Wildman–Crippen LogP) is 3.53. The average Bonchev–Trinajstić information content (AvgIpc) is 2.97. The number of sulfonamides is 1. The van der Waals surface area contributed by atoms with Crippen molar-refractivity contribution >= 4 is 27.4 Å². The summed E-state index contributed by atoms with van der Waals surface area (Å²) in [5, 5.41) is 0.504. The highest BCUT2D eigenvalue weighted by molar-refractivity contribution is 7.89. The summed E-state index contributed by atoms with van der Waals surface area (Å²) in [4.78, 5) is 15.1. The molecule has 1 aromatic carbocycles. The molecule has 2 aromatic rings. The van der Waals surface area contributed by atoms with Gasteiger partial charge in [0.15, 0.2) is 5.78 Å². The summed E-state index contributed by atoms with van der Waals surface area (Å²) in [5.41, 5.74) is 2.83. The van der Waals surface area contributed by atoms with Crippen molar-refractivity contribution in [2.24, 2.45) is 0 Å². The minimum absolute atomic E-state index is 0.0824. The first-order valence-electron chi connectivity index (χ1n) is 9.81. The Balaban J connectivity index is 1.63. The number of hydrogen-bond donors (Lipinski definition) is 0. The van der Waals surface area contributed by atoms with Crippen molar-refractivity contribution in [3.05, 3.63) is 52.3 Å². The van der Waals surface area contributed by atoms with E-state index in [1.165, 1.54) is 16.4 Å². The van der Waals surface area contributed by atoms with Gasteiger partial charge in [-0.2, -0.15) is 4.31 Å². The van der Waals surface area contributed by atoms with Gasteiger partial charge >= 0.3 is 0 Å². The van der Waals surface area contributed by atoms with E-state index < -0.39 is 10.0 Å². The molecule has 0 atom stereocenters. The fourth-order valence-corrected chi connectivity index (χ4v) is 5.57. The summed E-state index contributed by atoms with van der Waals surface area (Å²) < 4.78 is 29.2. The molecular formula is C21H28ClN3O3S. The fourth-order valence-electron chi connectivity index (χ4n) is 4.03. The summed E-state index contributed by atoms with van der Waals surface area (Å²) in [6.45, 7) is 10.3. The Morgan fingerprint density at radius 2 is 1.66 bits per heavy atom. The van der Waals surface area contributed by atoms with Gasteiger partial charge in [-0.15, -0.1) is 0 Å². The molecule has 0 bridgehead atoms. The SMILES string of the molecule is Cc1cc(C(=O)CN2CCN(S(=O)(=O)c3ccc(Cl)cc3)CC2)c(C)n1C(C)C. The number of nitrogens with zero attached hydrogens (tertiary/aromatic N) is 3. The molecule has 0 aliphatic carbocycles. The topological polar surface area (TPSA) is 62.6 Å². The number of Topliss-reactive ketones (excluding diaryl/α,β-unsaturated/α-hetero) is 1. The van der Waals surface area contributed by atoms with Crippen molar-refractivity contribution in [3.8, 4) is 0 Å². The van der Waals surface area contributed by atoms with Crippen LogP contribution in [0.1, 0.15) is 41.6 Å². The second-order valence-corrected chi connectivity index (χ2v) is 10.2. The maximum absolute atomic E-state index is 12.9. The summed E-state index contributed by atoms with van der Waals surface area (Å²) in [6, 6.07) is 8.47. The van der Waals surface area contributed by atoms with Crippen LogP contribution in [0.2, 0.25) is 5.02 Å². The number of aryl methyl sites for hydroxylation is 1. The number of carbonyl (C=O) groups is 1. The third-order valence-electron chi connectivity index (χ3n) is 5.45. The Bertz CT molecular complexity index is 989. The maximum Gasteiger partial charge on any atom is 0.243 e. The number of benzene rings is 1. The summed E-state index contributed by atoms with van der Waals surface area (Å²) in [5.74, 6) is 0.0824. The van der Waals surface area contributed by atoms with E-state index in [2.05, 4.69) is 18.4 Å². The van der Waals surface area contributed by atoms with Gasteiger partial charge in [0.1, 0.15) is 0 Å². The zero-order valence-corrected chi connectivity index (χ0v) is 18.9. The molecule has 8 heteroatoms. The smallest absolute Gasteiger partial charge is 0.243 e. The Morgan fingerprint density at radius 1 is 1.07 bits per heavy atom. The van der Waals surface area contributed by atoms with E-state index in [0.717, 1.165) is 17.0 Å². The third kappa shape index (κ3) is 4.58. The molecule has 3 rings (SSSR count). The number of carbonyl (C=O) groups excluding carboxylic acids is 1. The normalized spacial score (nSPS) is 16.5. The molecule has 0 spiro atoms. The molecule has 1 saturated heterocycles. The molecule has 1 aliphatic heterocycles. The maximum atomic E-state index is 12.9. The van der Waals surface area contributed by atoms with Crippen molar-refractivity contribution in [3.63, 3.8) is 0 Å². The molecule has 0 saturated carbocycles. The second kappa shape index (κ2) is 8.60. The van der Waals surface area contributed by atoms with E-state index in [0.29, 0.717) is 43.8 Å². The molecule has 0 amide bonds.